The monoisotopic (exact) mass is 319 g/mol. The van der Waals surface area contributed by atoms with Crippen LogP contribution in [0.3, 0.4) is 0 Å². The van der Waals surface area contributed by atoms with Crippen molar-refractivity contribution < 1.29 is 4.52 Å². The number of likely N-dealkylation sites (tertiary alicyclic amines) is 1. The van der Waals surface area contributed by atoms with E-state index < -0.39 is 0 Å². The van der Waals surface area contributed by atoms with Crippen LogP contribution in [0.2, 0.25) is 0 Å². The molecule has 4 rings (SSSR count). The Hall–Kier alpha value is -3.15. The summed E-state index contributed by atoms with van der Waals surface area (Å²) in [6.45, 7) is 0.753. The molecule has 0 amide bonds. The highest BCUT2D eigenvalue weighted by Gasteiger charge is 2.35. The molecule has 1 aliphatic heterocycles. The minimum Gasteiger partial charge on any atom is -0.370 e. The summed E-state index contributed by atoms with van der Waals surface area (Å²) in [5, 5.41) is 11.6. The summed E-state index contributed by atoms with van der Waals surface area (Å²) in [5.41, 5.74) is 8.75. The number of hydrogen-bond donors (Lipinski definition) is 2. The molecule has 1 fully saturated rings. The van der Waals surface area contributed by atoms with Crippen LogP contribution in [0.25, 0.3) is 22.5 Å². The molecular weight excluding hydrogens is 302 g/mol. The number of rotatable bonds is 3. The Labute approximate surface area is 139 Å². The lowest BCUT2D eigenvalue weighted by Crippen LogP contribution is -2.48. The van der Waals surface area contributed by atoms with Crippen molar-refractivity contribution in [3.63, 3.8) is 0 Å². The molecule has 6 heteroatoms. The van der Waals surface area contributed by atoms with Gasteiger partial charge in [-0.2, -0.15) is 4.98 Å². The number of guanidine groups is 1. The molecule has 2 aromatic carbocycles. The van der Waals surface area contributed by atoms with Crippen LogP contribution in [0, 0.1) is 5.41 Å². The van der Waals surface area contributed by atoms with Crippen molar-refractivity contribution in [2.45, 2.75) is 12.5 Å². The zero-order chi connectivity index (χ0) is 16.5. The van der Waals surface area contributed by atoms with Crippen LogP contribution in [0.4, 0.5) is 0 Å². The number of nitrogens with two attached hydrogens (primary N) is 1. The van der Waals surface area contributed by atoms with Crippen molar-refractivity contribution in [2.24, 2.45) is 5.73 Å². The molecule has 1 saturated heterocycles. The van der Waals surface area contributed by atoms with Crippen LogP contribution in [-0.2, 0) is 0 Å². The minimum absolute atomic E-state index is 0.0400. The Morgan fingerprint density at radius 1 is 1.04 bits per heavy atom. The van der Waals surface area contributed by atoms with Gasteiger partial charge in [0.05, 0.1) is 0 Å². The Balaban J connectivity index is 1.56. The van der Waals surface area contributed by atoms with Crippen LogP contribution in [0.1, 0.15) is 18.4 Å². The molecule has 1 aliphatic rings. The second kappa shape index (κ2) is 5.81. The van der Waals surface area contributed by atoms with Gasteiger partial charge in [-0.3, -0.25) is 5.41 Å². The van der Waals surface area contributed by atoms with Crippen LogP contribution in [0.15, 0.2) is 59.1 Å². The summed E-state index contributed by atoms with van der Waals surface area (Å²) in [6.07, 6.45) is 0.869. The van der Waals surface area contributed by atoms with Gasteiger partial charge < -0.3 is 15.2 Å². The first-order valence-electron chi connectivity index (χ1n) is 7.82. The summed E-state index contributed by atoms with van der Waals surface area (Å²) in [4.78, 5) is 6.21. The van der Waals surface area contributed by atoms with Crippen molar-refractivity contribution in [1.82, 2.24) is 15.0 Å². The molecule has 0 spiro atoms. The van der Waals surface area contributed by atoms with Gasteiger partial charge in [0.25, 0.3) is 0 Å². The molecule has 6 nitrogen and oxygen atoms in total. The maximum absolute atomic E-state index is 7.52. The third-order valence-corrected chi connectivity index (χ3v) is 4.31. The third kappa shape index (κ3) is 2.52. The fourth-order valence-electron chi connectivity index (χ4n) is 2.86. The number of nitrogens with one attached hydrogen (secondary N) is 1. The first-order valence-corrected chi connectivity index (χ1v) is 7.82. The van der Waals surface area contributed by atoms with Gasteiger partial charge in [0.2, 0.25) is 11.7 Å². The van der Waals surface area contributed by atoms with Crippen LogP contribution < -0.4 is 5.73 Å². The smallest absolute Gasteiger partial charge is 0.249 e. The lowest BCUT2D eigenvalue weighted by atomic mass is 10.0. The molecule has 24 heavy (non-hydrogen) atoms. The van der Waals surface area contributed by atoms with Gasteiger partial charge in [0.15, 0.2) is 5.96 Å². The number of benzene rings is 2. The van der Waals surface area contributed by atoms with E-state index in [1.807, 2.05) is 42.5 Å². The zero-order valence-electron chi connectivity index (χ0n) is 13.0. The Morgan fingerprint density at radius 3 is 2.33 bits per heavy atom. The lowest BCUT2D eigenvalue weighted by molar-refractivity contribution is 0.141. The molecule has 3 N–H and O–H groups in total. The van der Waals surface area contributed by atoms with E-state index in [1.165, 1.54) is 5.56 Å². The molecule has 0 aliphatic carbocycles. The number of nitrogens with zero attached hydrogens (tertiary/aromatic N) is 3. The van der Waals surface area contributed by atoms with Gasteiger partial charge in [-0.15, -0.1) is 0 Å². The van der Waals surface area contributed by atoms with E-state index in [4.69, 9.17) is 15.7 Å². The number of aromatic nitrogens is 2. The van der Waals surface area contributed by atoms with Crippen LogP contribution >= 0.6 is 0 Å². The van der Waals surface area contributed by atoms with E-state index in [2.05, 4.69) is 22.3 Å². The molecule has 0 saturated carbocycles. The predicted octanol–water partition coefficient (Wildman–Crippen LogP) is 3.04. The van der Waals surface area contributed by atoms with Crippen LogP contribution in [-0.4, -0.2) is 27.5 Å². The first-order chi connectivity index (χ1) is 11.7. The van der Waals surface area contributed by atoms with Crippen LogP contribution in [0.5, 0.6) is 0 Å². The molecule has 1 aromatic heterocycles. The third-order valence-electron chi connectivity index (χ3n) is 4.31. The van der Waals surface area contributed by atoms with Crippen molar-refractivity contribution in [3.8, 4) is 22.5 Å². The second-order valence-electron chi connectivity index (χ2n) is 5.78. The van der Waals surface area contributed by atoms with Crippen molar-refractivity contribution in [2.75, 3.05) is 6.54 Å². The Kier molecular flexibility index (Phi) is 3.49. The van der Waals surface area contributed by atoms with Gasteiger partial charge in [-0.25, -0.2) is 0 Å². The summed E-state index contributed by atoms with van der Waals surface area (Å²) < 4.78 is 5.36. The molecular formula is C18H17N5O. The van der Waals surface area contributed by atoms with Crippen molar-refractivity contribution >= 4 is 5.96 Å². The second-order valence-corrected chi connectivity index (χ2v) is 5.78. The Bertz CT molecular complexity index is 857. The van der Waals surface area contributed by atoms with E-state index in [9.17, 15) is 0 Å². The average Bonchev–Trinajstić information content (AvgIpc) is 3.03. The van der Waals surface area contributed by atoms with Gasteiger partial charge in [-0.05, 0) is 17.5 Å². The van der Waals surface area contributed by atoms with Gasteiger partial charge in [0, 0.05) is 12.1 Å². The van der Waals surface area contributed by atoms with Gasteiger partial charge >= 0.3 is 0 Å². The summed E-state index contributed by atoms with van der Waals surface area (Å²) in [7, 11) is 0. The van der Waals surface area contributed by atoms with Gasteiger partial charge in [-0.1, -0.05) is 59.8 Å². The fraction of sp³-hybridized carbons (Fsp3) is 0.167. The highest BCUT2D eigenvalue weighted by atomic mass is 16.5. The van der Waals surface area contributed by atoms with Gasteiger partial charge in [0.1, 0.15) is 6.04 Å². The van der Waals surface area contributed by atoms with E-state index in [0.717, 1.165) is 24.1 Å². The largest absolute Gasteiger partial charge is 0.370 e. The first kappa shape index (κ1) is 14.4. The topological polar surface area (TPSA) is 92.0 Å². The normalized spacial score (nSPS) is 16.7. The predicted molar refractivity (Wildman–Crippen MR) is 91.1 cm³/mol. The maximum atomic E-state index is 7.52. The molecule has 0 unspecified atom stereocenters. The molecule has 120 valence electrons. The molecule has 0 bridgehead atoms. The quantitative estimate of drug-likeness (QED) is 0.572. The van der Waals surface area contributed by atoms with E-state index in [1.54, 1.807) is 4.90 Å². The highest BCUT2D eigenvalue weighted by molar-refractivity contribution is 5.76. The molecule has 0 radical (unpaired) electrons. The van der Waals surface area contributed by atoms with Crippen molar-refractivity contribution in [3.05, 3.63) is 60.5 Å². The molecule has 3 aromatic rings. The summed E-state index contributed by atoms with van der Waals surface area (Å²) in [5.74, 6) is 1.11. The van der Waals surface area contributed by atoms with E-state index >= 15 is 0 Å². The van der Waals surface area contributed by atoms with E-state index in [0.29, 0.717) is 11.7 Å². The summed E-state index contributed by atoms with van der Waals surface area (Å²) in [6, 6.07) is 18.2. The molecule has 1 atom stereocenters. The average molecular weight is 319 g/mol. The number of hydrogen-bond acceptors (Lipinski definition) is 4. The SMILES string of the molecule is N=C(N)N1CC[C@H]1c1nc(-c2ccc(-c3ccccc3)cc2)no1. The van der Waals surface area contributed by atoms with E-state index in [-0.39, 0.29) is 12.0 Å². The maximum Gasteiger partial charge on any atom is 0.249 e. The zero-order valence-corrected chi connectivity index (χ0v) is 13.0. The highest BCUT2D eigenvalue weighted by Crippen LogP contribution is 2.32. The Morgan fingerprint density at radius 2 is 1.71 bits per heavy atom. The lowest BCUT2D eigenvalue weighted by Gasteiger charge is -2.38. The standard InChI is InChI=1S/C18H17N5O/c19-18(20)23-11-10-15(23)17-21-16(22-24-17)14-8-6-13(7-9-14)12-4-2-1-3-5-12/h1-9,15H,10-11H2,(H3,19,20)/t15-/m0/s1. The minimum atomic E-state index is -0.0765. The fourth-order valence-corrected chi connectivity index (χ4v) is 2.86. The van der Waals surface area contributed by atoms with Crippen molar-refractivity contribution in [1.29, 1.82) is 5.41 Å². The molecule has 2 heterocycles. The summed E-state index contributed by atoms with van der Waals surface area (Å²) >= 11 is 0.